The lowest BCUT2D eigenvalue weighted by Crippen LogP contribution is -2.51. The second-order valence-electron chi connectivity index (χ2n) is 4.81. The molecule has 17 heavy (non-hydrogen) atoms. The quantitative estimate of drug-likeness (QED) is 0.847. The van der Waals surface area contributed by atoms with Crippen LogP contribution in [0.2, 0.25) is 0 Å². The molecule has 0 spiro atoms. The summed E-state index contributed by atoms with van der Waals surface area (Å²) in [5, 5.41) is 6.53. The highest BCUT2D eigenvalue weighted by Gasteiger charge is 2.23. The molecular weight excluding hydrogens is 232 g/mol. The molecule has 2 heterocycles. The minimum Gasteiger partial charge on any atom is -0.347 e. The van der Waals surface area contributed by atoms with Crippen LogP contribution in [0.5, 0.6) is 0 Å². The van der Waals surface area contributed by atoms with Gasteiger partial charge in [-0.25, -0.2) is 0 Å². The first-order valence-electron chi connectivity index (χ1n) is 6.19. The minimum atomic E-state index is 0.0757. The van der Waals surface area contributed by atoms with E-state index in [-0.39, 0.29) is 11.9 Å². The zero-order valence-electron chi connectivity index (χ0n) is 10.7. The molecule has 94 valence electrons. The second kappa shape index (κ2) is 5.19. The number of thiophene rings is 1. The molecule has 0 saturated carbocycles. The van der Waals surface area contributed by atoms with Crippen LogP contribution in [-0.2, 0) is 0 Å². The fourth-order valence-corrected chi connectivity index (χ4v) is 3.10. The lowest BCUT2D eigenvalue weighted by molar-refractivity contribution is 0.0924. The van der Waals surface area contributed by atoms with E-state index < -0.39 is 0 Å². The number of nitrogens with one attached hydrogen (secondary N) is 2. The molecule has 1 aromatic rings. The lowest BCUT2D eigenvalue weighted by Gasteiger charge is -2.30. The number of amides is 1. The molecule has 0 bridgehead atoms. The van der Waals surface area contributed by atoms with Crippen molar-refractivity contribution in [3.63, 3.8) is 0 Å². The van der Waals surface area contributed by atoms with E-state index in [1.165, 1.54) is 10.4 Å². The Labute approximate surface area is 107 Å². The van der Waals surface area contributed by atoms with Crippen molar-refractivity contribution in [3.05, 3.63) is 21.4 Å². The number of piperidine rings is 1. The molecule has 3 nitrogen and oxygen atoms in total. The van der Waals surface area contributed by atoms with Crippen LogP contribution in [0.4, 0.5) is 0 Å². The van der Waals surface area contributed by atoms with Crippen LogP contribution in [0.15, 0.2) is 6.07 Å². The Morgan fingerprint density at radius 1 is 1.53 bits per heavy atom. The molecule has 2 unspecified atom stereocenters. The van der Waals surface area contributed by atoms with Gasteiger partial charge < -0.3 is 10.6 Å². The lowest BCUT2D eigenvalue weighted by atomic mass is 10.00. The number of hydrogen-bond acceptors (Lipinski definition) is 3. The van der Waals surface area contributed by atoms with E-state index in [1.807, 2.05) is 13.0 Å². The van der Waals surface area contributed by atoms with Gasteiger partial charge in [-0.1, -0.05) is 0 Å². The summed E-state index contributed by atoms with van der Waals surface area (Å²) in [6.45, 7) is 7.30. The molecule has 1 aliphatic rings. The fraction of sp³-hybridized carbons (Fsp3) is 0.615. The van der Waals surface area contributed by atoms with Gasteiger partial charge in [0.2, 0.25) is 0 Å². The maximum absolute atomic E-state index is 12.1. The Morgan fingerprint density at radius 2 is 2.29 bits per heavy atom. The molecule has 2 N–H and O–H groups in total. The summed E-state index contributed by atoms with van der Waals surface area (Å²) in [4.78, 5) is 14.2. The van der Waals surface area contributed by atoms with Crippen molar-refractivity contribution in [1.82, 2.24) is 10.6 Å². The molecule has 2 atom stereocenters. The molecule has 0 radical (unpaired) electrons. The summed E-state index contributed by atoms with van der Waals surface area (Å²) in [6.07, 6.45) is 2.21. The maximum atomic E-state index is 12.1. The van der Waals surface area contributed by atoms with Crippen molar-refractivity contribution in [1.29, 1.82) is 0 Å². The van der Waals surface area contributed by atoms with E-state index in [4.69, 9.17) is 0 Å². The van der Waals surface area contributed by atoms with Gasteiger partial charge in [-0.2, -0.15) is 0 Å². The van der Waals surface area contributed by atoms with Crippen molar-refractivity contribution in [3.8, 4) is 0 Å². The Kier molecular flexibility index (Phi) is 3.84. The highest BCUT2D eigenvalue weighted by Crippen LogP contribution is 2.21. The van der Waals surface area contributed by atoms with E-state index in [0.717, 1.165) is 24.3 Å². The normalized spacial score (nSPS) is 24.6. The summed E-state index contributed by atoms with van der Waals surface area (Å²) >= 11 is 1.58. The van der Waals surface area contributed by atoms with E-state index in [1.54, 1.807) is 11.3 Å². The van der Waals surface area contributed by atoms with Crippen LogP contribution in [0.25, 0.3) is 0 Å². The first kappa shape index (κ1) is 12.6. The number of carbonyl (C=O) groups excluding carboxylic acids is 1. The van der Waals surface area contributed by atoms with Crippen molar-refractivity contribution < 1.29 is 4.79 Å². The molecule has 1 saturated heterocycles. The van der Waals surface area contributed by atoms with Crippen LogP contribution in [0.1, 0.15) is 39.9 Å². The molecule has 4 heteroatoms. The number of carbonyl (C=O) groups is 1. The van der Waals surface area contributed by atoms with Crippen molar-refractivity contribution >= 4 is 17.2 Å². The van der Waals surface area contributed by atoms with Crippen LogP contribution in [0.3, 0.4) is 0 Å². The monoisotopic (exact) mass is 252 g/mol. The van der Waals surface area contributed by atoms with E-state index >= 15 is 0 Å². The predicted molar refractivity (Wildman–Crippen MR) is 71.7 cm³/mol. The standard InChI is InChI=1S/C13H20N2OS/c1-8-7-12(17-10(8)3)13(16)15-11-5-4-6-14-9(11)2/h7,9,11,14H,4-6H2,1-3H3,(H,15,16). The molecule has 1 amide bonds. The number of rotatable bonds is 2. The van der Waals surface area contributed by atoms with Gasteiger partial charge in [-0.3, -0.25) is 4.79 Å². The summed E-state index contributed by atoms with van der Waals surface area (Å²) in [7, 11) is 0. The average Bonchev–Trinajstić information content (AvgIpc) is 2.63. The van der Waals surface area contributed by atoms with Gasteiger partial charge in [-0.15, -0.1) is 11.3 Å². The van der Waals surface area contributed by atoms with Crippen molar-refractivity contribution in [2.24, 2.45) is 0 Å². The molecule has 2 rings (SSSR count). The van der Waals surface area contributed by atoms with Crippen LogP contribution in [0, 0.1) is 13.8 Å². The maximum Gasteiger partial charge on any atom is 0.261 e. The van der Waals surface area contributed by atoms with Crippen molar-refractivity contribution in [2.75, 3.05) is 6.54 Å². The van der Waals surface area contributed by atoms with Crippen LogP contribution >= 0.6 is 11.3 Å². The van der Waals surface area contributed by atoms with E-state index in [0.29, 0.717) is 6.04 Å². The first-order chi connectivity index (χ1) is 8.08. The van der Waals surface area contributed by atoms with Crippen molar-refractivity contribution in [2.45, 2.75) is 45.7 Å². The van der Waals surface area contributed by atoms with Gasteiger partial charge in [0.1, 0.15) is 0 Å². The Balaban J connectivity index is 2.01. The fourth-order valence-electron chi connectivity index (χ4n) is 2.17. The van der Waals surface area contributed by atoms with E-state index in [9.17, 15) is 4.79 Å². The number of aryl methyl sites for hydroxylation is 2. The topological polar surface area (TPSA) is 41.1 Å². The average molecular weight is 252 g/mol. The van der Waals surface area contributed by atoms with Gasteiger partial charge in [-0.05, 0) is 51.8 Å². The Bertz CT molecular complexity index is 394. The third-order valence-corrected chi connectivity index (χ3v) is 4.62. The molecule has 0 aliphatic carbocycles. The predicted octanol–water partition coefficient (Wildman–Crippen LogP) is 2.24. The van der Waals surface area contributed by atoms with Gasteiger partial charge in [0, 0.05) is 17.0 Å². The van der Waals surface area contributed by atoms with Crippen LogP contribution in [-0.4, -0.2) is 24.5 Å². The summed E-state index contributed by atoms with van der Waals surface area (Å²) in [5.41, 5.74) is 1.20. The molecular formula is C13H20N2OS. The Morgan fingerprint density at radius 3 is 2.88 bits per heavy atom. The first-order valence-corrected chi connectivity index (χ1v) is 7.01. The minimum absolute atomic E-state index is 0.0757. The highest BCUT2D eigenvalue weighted by molar-refractivity contribution is 7.14. The SMILES string of the molecule is Cc1cc(C(=O)NC2CCCNC2C)sc1C. The molecule has 1 fully saturated rings. The molecule has 1 aromatic heterocycles. The van der Waals surface area contributed by atoms with Gasteiger partial charge >= 0.3 is 0 Å². The molecule has 1 aliphatic heterocycles. The largest absolute Gasteiger partial charge is 0.347 e. The highest BCUT2D eigenvalue weighted by atomic mass is 32.1. The zero-order valence-corrected chi connectivity index (χ0v) is 11.5. The third kappa shape index (κ3) is 2.87. The third-order valence-electron chi connectivity index (χ3n) is 3.47. The second-order valence-corrected chi connectivity index (χ2v) is 6.07. The zero-order chi connectivity index (χ0) is 12.4. The summed E-state index contributed by atoms with van der Waals surface area (Å²) in [5.74, 6) is 0.0757. The van der Waals surface area contributed by atoms with E-state index in [2.05, 4.69) is 24.5 Å². The smallest absolute Gasteiger partial charge is 0.261 e. The molecule has 0 aromatic carbocycles. The van der Waals surface area contributed by atoms with Gasteiger partial charge in [0.05, 0.1) is 4.88 Å². The summed E-state index contributed by atoms with van der Waals surface area (Å²) in [6, 6.07) is 2.62. The van der Waals surface area contributed by atoms with Gasteiger partial charge in [0.25, 0.3) is 5.91 Å². The Hall–Kier alpha value is -0.870. The van der Waals surface area contributed by atoms with Gasteiger partial charge in [0.15, 0.2) is 0 Å². The van der Waals surface area contributed by atoms with Crippen LogP contribution < -0.4 is 10.6 Å². The summed E-state index contributed by atoms with van der Waals surface area (Å²) < 4.78 is 0. The number of hydrogen-bond donors (Lipinski definition) is 2.